The first kappa shape index (κ1) is 12.6. The van der Waals surface area contributed by atoms with Gasteiger partial charge in [0.2, 0.25) is 0 Å². The van der Waals surface area contributed by atoms with E-state index in [9.17, 15) is 14.7 Å². The van der Waals surface area contributed by atoms with Crippen molar-refractivity contribution in [2.24, 2.45) is 11.8 Å². The maximum Gasteiger partial charge on any atom is 0.167 e. The molecule has 0 saturated carbocycles. The van der Waals surface area contributed by atoms with Gasteiger partial charge >= 0.3 is 0 Å². The van der Waals surface area contributed by atoms with Gasteiger partial charge in [-0.3, -0.25) is 9.59 Å². The molecule has 4 heteroatoms. The number of carbonyl (C=O) groups excluding carboxylic acids is 2. The number of carbonyl (C=O) groups is 2. The second-order valence-corrected chi connectivity index (χ2v) is 5.53. The van der Waals surface area contributed by atoms with Crippen molar-refractivity contribution in [3.05, 3.63) is 46.0 Å². The summed E-state index contributed by atoms with van der Waals surface area (Å²) in [6, 6.07) is 4.85. The monoisotopic (exact) mass is 276 g/mol. The molecule has 2 aliphatic carbocycles. The standard InChI is InChI=1S/C15H13ClO3/c16-9-2-4-11-13(6-9)15(19)12-5-8(7-17)1-3-10(12)14(11)18/h1-2,4,6,10,12,17H,3,5,7H2. The van der Waals surface area contributed by atoms with Gasteiger partial charge in [-0.05, 0) is 36.6 Å². The number of rotatable bonds is 1. The number of hydrogen-bond donors (Lipinski definition) is 1. The Morgan fingerprint density at radius 1 is 1.16 bits per heavy atom. The van der Waals surface area contributed by atoms with Gasteiger partial charge < -0.3 is 5.11 Å². The molecule has 0 bridgehead atoms. The van der Waals surface area contributed by atoms with Gasteiger partial charge in [-0.15, -0.1) is 0 Å². The number of hydrogen-bond acceptors (Lipinski definition) is 3. The normalized spacial score (nSPS) is 25.7. The van der Waals surface area contributed by atoms with Crippen molar-refractivity contribution in [1.82, 2.24) is 0 Å². The molecule has 19 heavy (non-hydrogen) atoms. The van der Waals surface area contributed by atoms with Gasteiger partial charge in [0.25, 0.3) is 0 Å². The van der Waals surface area contributed by atoms with E-state index < -0.39 is 0 Å². The molecule has 1 aromatic carbocycles. The zero-order chi connectivity index (χ0) is 13.6. The highest BCUT2D eigenvalue weighted by Crippen LogP contribution is 2.39. The van der Waals surface area contributed by atoms with Crippen LogP contribution in [0.4, 0.5) is 0 Å². The summed E-state index contributed by atoms with van der Waals surface area (Å²) in [6.07, 6.45) is 2.89. The summed E-state index contributed by atoms with van der Waals surface area (Å²) in [5.74, 6) is -0.632. The minimum atomic E-state index is -0.342. The van der Waals surface area contributed by atoms with Gasteiger partial charge in [0, 0.05) is 28.0 Å². The minimum absolute atomic E-state index is 0.0181. The van der Waals surface area contributed by atoms with E-state index in [0.29, 0.717) is 29.0 Å². The van der Waals surface area contributed by atoms with Crippen LogP contribution in [0.3, 0.4) is 0 Å². The lowest BCUT2D eigenvalue weighted by molar-refractivity contribution is 0.0721. The number of aliphatic hydroxyl groups is 1. The molecule has 0 amide bonds. The van der Waals surface area contributed by atoms with E-state index in [2.05, 4.69) is 0 Å². The smallest absolute Gasteiger partial charge is 0.167 e. The molecule has 2 aliphatic rings. The molecule has 2 unspecified atom stereocenters. The van der Waals surface area contributed by atoms with E-state index in [1.54, 1.807) is 18.2 Å². The molecule has 0 heterocycles. The first-order valence-corrected chi connectivity index (χ1v) is 6.66. The molecule has 98 valence electrons. The maximum atomic E-state index is 12.5. The summed E-state index contributed by atoms with van der Waals surface area (Å²) in [5, 5.41) is 9.65. The molecular weight excluding hydrogens is 264 g/mol. The van der Waals surface area contributed by atoms with E-state index in [1.807, 2.05) is 6.08 Å². The van der Waals surface area contributed by atoms with E-state index >= 15 is 0 Å². The predicted octanol–water partition coefficient (Wildman–Crippen LogP) is 2.66. The van der Waals surface area contributed by atoms with Crippen LogP contribution in [0.2, 0.25) is 5.02 Å². The van der Waals surface area contributed by atoms with Gasteiger partial charge in [0.1, 0.15) is 0 Å². The van der Waals surface area contributed by atoms with Crippen LogP contribution in [-0.2, 0) is 0 Å². The number of ketones is 2. The second kappa shape index (κ2) is 4.58. The summed E-state index contributed by atoms with van der Waals surface area (Å²) in [4.78, 5) is 24.9. The second-order valence-electron chi connectivity index (χ2n) is 5.09. The van der Waals surface area contributed by atoms with Gasteiger partial charge in [0.15, 0.2) is 11.6 Å². The van der Waals surface area contributed by atoms with Crippen molar-refractivity contribution >= 4 is 23.2 Å². The lowest BCUT2D eigenvalue weighted by Gasteiger charge is -2.33. The van der Waals surface area contributed by atoms with Crippen LogP contribution in [0.15, 0.2) is 29.8 Å². The molecule has 1 aromatic rings. The molecule has 0 saturated heterocycles. The van der Waals surface area contributed by atoms with Crippen molar-refractivity contribution in [2.45, 2.75) is 12.8 Å². The molecule has 2 atom stereocenters. The molecule has 0 aliphatic heterocycles. The zero-order valence-corrected chi connectivity index (χ0v) is 11.0. The summed E-state index contributed by atoms with van der Waals surface area (Å²) in [6.45, 7) is -0.0485. The number of fused-ring (bicyclic) bond motifs is 2. The summed E-state index contributed by atoms with van der Waals surface area (Å²) in [7, 11) is 0. The van der Waals surface area contributed by atoms with E-state index in [4.69, 9.17) is 11.6 Å². The number of allylic oxidation sites excluding steroid dienone is 1. The highest BCUT2D eigenvalue weighted by Gasteiger charge is 2.42. The third kappa shape index (κ3) is 1.94. The number of halogens is 1. The topological polar surface area (TPSA) is 54.4 Å². The molecule has 3 rings (SSSR count). The number of benzene rings is 1. The molecule has 0 aromatic heterocycles. The Kier molecular flexibility index (Phi) is 3.03. The average molecular weight is 277 g/mol. The van der Waals surface area contributed by atoms with Gasteiger partial charge in [-0.2, -0.15) is 0 Å². The molecular formula is C15H13ClO3. The Hall–Kier alpha value is -1.45. The Morgan fingerprint density at radius 3 is 2.63 bits per heavy atom. The van der Waals surface area contributed by atoms with Crippen LogP contribution in [0.1, 0.15) is 33.6 Å². The van der Waals surface area contributed by atoms with Crippen LogP contribution in [-0.4, -0.2) is 23.3 Å². The fraction of sp³-hybridized carbons (Fsp3) is 0.333. The maximum absolute atomic E-state index is 12.5. The summed E-state index contributed by atoms with van der Waals surface area (Å²) >= 11 is 5.91. The van der Waals surface area contributed by atoms with Crippen LogP contribution in [0.5, 0.6) is 0 Å². The van der Waals surface area contributed by atoms with Crippen molar-refractivity contribution in [1.29, 1.82) is 0 Å². The van der Waals surface area contributed by atoms with Crippen LogP contribution >= 0.6 is 11.6 Å². The van der Waals surface area contributed by atoms with E-state index in [0.717, 1.165) is 5.57 Å². The quantitative estimate of drug-likeness (QED) is 0.803. The first-order chi connectivity index (χ1) is 9.11. The highest BCUT2D eigenvalue weighted by molar-refractivity contribution is 6.31. The van der Waals surface area contributed by atoms with Gasteiger partial charge in [0.05, 0.1) is 6.61 Å². The zero-order valence-electron chi connectivity index (χ0n) is 10.2. The average Bonchev–Trinajstić information content (AvgIpc) is 2.44. The summed E-state index contributed by atoms with van der Waals surface area (Å²) in [5.41, 5.74) is 1.75. The lowest BCUT2D eigenvalue weighted by atomic mass is 9.68. The fourth-order valence-electron chi connectivity index (χ4n) is 2.99. The van der Waals surface area contributed by atoms with E-state index in [-0.39, 0.29) is 30.0 Å². The Bertz CT molecular complexity index is 603. The Balaban J connectivity index is 2.07. The molecule has 3 nitrogen and oxygen atoms in total. The van der Waals surface area contributed by atoms with Crippen LogP contribution in [0, 0.1) is 11.8 Å². The van der Waals surface area contributed by atoms with Crippen LogP contribution < -0.4 is 0 Å². The molecule has 0 fully saturated rings. The third-order valence-electron chi connectivity index (χ3n) is 4.02. The predicted molar refractivity (Wildman–Crippen MR) is 71.5 cm³/mol. The van der Waals surface area contributed by atoms with Crippen molar-refractivity contribution in [2.75, 3.05) is 6.61 Å². The van der Waals surface area contributed by atoms with Crippen molar-refractivity contribution < 1.29 is 14.7 Å². The highest BCUT2D eigenvalue weighted by atomic mass is 35.5. The Labute approximate surface area is 115 Å². The van der Waals surface area contributed by atoms with Gasteiger partial charge in [-0.1, -0.05) is 17.7 Å². The number of aliphatic hydroxyl groups excluding tert-OH is 1. The largest absolute Gasteiger partial charge is 0.392 e. The molecule has 0 radical (unpaired) electrons. The lowest BCUT2D eigenvalue weighted by Crippen LogP contribution is -2.38. The summed E-state index contributed by atoms with van der Waals surface area (Å²) < 4.78 is 0. The Morgan fingerprint density at radius 2 is 1.89 bits per heavy atom. The van der Waals surface area contributed by atoms with Crippen LogP contribution in [0.25, 0.3) is 0 Å². The minimum Gasteiger partial charge on any atom is -0.392 e. The van der Waals surface area contributed by atoms with Crippen molar-refractivity contribution in [3.63, 3.8) is 0 Å². The number of Topliss-reactive ketones (excluding diaryl/α,β-unsaturated/α-hetero) is 2. The molecule has 1 N–H and O–H groups in total. The van der Waals surface area contributed by atoms with Crippen molar-refractivity contribution in [3.8, 4) is 0 Å². The fourth-order valence-corrected chi connectivity index (χ4v) is 3.17. The van der Waals surface area contributed by atoms with E-state index in [1.165, 1.54) is 0 Å². The molecule has 0 spiro atoms. The van der Waals surface area contributed by atoms with Gasteiger partial charge in [-0.25, -0.2) is 0 Å². The first-order valence-electron chi connectivity index (χ1n) is 6.28. The third-order valence-corrected chi connectivity index (χ3v) is 4.25. The SMILES string of the molecule is O=C1c2ccc(Cl)cc2C(=O)C2CC(CO)=CCC12.